The van der Waals surface area contributed by atoms with E-state index in [9.17, 15) is 5.11 Å². The minimum absolute atomic E-state index is 0.0881. The molecule has 0 saturated carbocycles. The topological polar surface area (TPSA) is 20.2 Å². The van der Waals surface area contributed by atoms with Crippen LogP contribution in [0, 0.1) is 5.92 Å². The van der Waals surface area contributed by atoms with Crippen LogP contribution in [0.2, 0.25) is 0 Å². The van der Waals surface area contributed by atoms with Crippen LogP contribution in [-0.2, 0) is 0 Å². The van der Waals surface area contributed by atoms with E-state index in [2.05, 4.69) is 20.8 Å². The van der Waals surface area contributed by atoms with Gasteiger partial charge in [0.25, 0.3) is 0 Å². The molecule has 0 aliphatic heterocycles. The van der Waals surface area contributed by atoms with Crippen molar-refractivity contribution < 1.29 is 5.11 Å². The predicted molar refractivity (Wildman–Crippen MR) is 53.1 cm³/mol. The van der Waals surface area contributed by atoms with Gasteiger partial charge in [-0.25, -0.2) is 0 Å². The monoisotopic (exact) mass is 176 g/mol. The minimum atomic E-state index is -0.0881. The van der Waals surface area contributed by atoms with E-state index in [1.54, 1.807) is 0 Å². The number of thioether (sulfide) groups is 1. The van der Waals surface area contributed by atoms with Crippen molar-refractivity contribution >= 4 is 11.8 Å². The van der Waals surface area contributed by atoms with Crippen molar-refractivity contribution in [2.45, 2.75) is 39.7 Å². The molecule has 11 heavy (non-hydrogen) atoms. The number of aliphatic hydroxyl groups excluding tert-OH is 1. The van der Waals surface area contributed by atoms with E-state index in [-0.39, 0.29) is 6.10 Å². The van der Waals surface area contributed by atoms with Gasteiger partial charge in [-0.2, -0.15) is 11.8 Å². The van der Waals surface area contributed by atoms with Gasteiger partial charge in [-0.3, -0.25) is 0 Å². The smallest absolute Gasteiger partial charge is 0.0633 e. The van der Waals surface area contributed by atoms with Crippen LogP contribution in [0.3, 0.4) is 0 Å². The van der Waals surface area contributed by atoms with Crippen LogP contribution in [0.4, 0.5) is 0 Å². The van der Waals surface area contributed by atoms with Gasteiger partial charge < -0.3 is 5.11 Å². The average Bonchev–Trinajstić information content (AvgIpc) is 2.00. The van der Waals surface area contributed by atoms with Crippen LogP contribution in [-0.4, -0.2) is 22.7 Å². The van der Waals surface area contributed by atoms with E-state index in [0.29, 0.717) is 5.92 Å². The maximum atomic E-state index is 9.46. The number of hydrogen-bond donors (Lipinski definition) is 1. The third kappa shape index (κ3) is 6.70. The molecule has 0 rings (SSSR count). The Hall–Kier alpha value is 0.310. The number of aliphatic hydroxyl groups is 1. The fraction of sp³-hybridized carbons (Fsp3) is 1.00. The van der Waals surface area contributed by atoms with Gasteiger partial charge in [-0.15, -0.1) is 0 Å². The summed E-state index contributed by atoms with van der Waals surface area (Å²) >= 11 is 1.82. The van der Waals surface area contributed by atoms with Crippen LogP contribution in [0.25, 0.3) is 0 Å². The summed E-state index contributed by atoms with van der Waals surface area (Å²) in [6, 6.07) is 0. The molecule has 0 heterocycles. The second-order valence-corrected chi connectivity index (χ2v) is 4.38. The van der Waals surface area contributed by atoms with Crippen molar-refractivity contribution in [3.63, 3.8) is 0 Å². The molecule has 0 aliphatic carbocycles. The Bertz CT molecular complexity index is 85.6. The molecule has 0 aliphatic rings. The molecule has 0 spiro atoms. The Morgan fingerprint density at radius 1 is 1.36 bits per heavy atom. The second-order valence-electron chi connectivity index (χ2n) is 3.06. The average molecular weight is 176 g/mol. The molecule has 0 amide bonds. The molecule has 0 bridgehead atoms. The SMILES string of the molecule is CCSCC(O)CC(C)CC. The summed E-state index contributed by atoms with van der Waals surface area (Å²) in [5.41, 5.74) is 0. The van der Waals surface area contributed by atoms with Crippen molar-refractivity contribution in [2.24, 2.45) is 5.92 Å². The van der Waals surface area contributed by atoms with Gasteiger partial charge in [0.15, 0.2) is 0 Å². The molecule has 2 atom stereocenters. The van der Waals surface area contributed by atoms with Gasteiger partial charge in [0.1, 0.15) is 0 Å². The molecular formula is C9H20OS. The third-order valence-electron chi connectivity index (χ3n) is 1.89. The lowest BCUT2D eigenvalue weighted by molar-refractivity contribution is 0.167. The highest BCUT2D eigenvalue weighted by atomic mass is 32.2. The van der Waals surface area contributed by atoms with Gasteiger partial charge in [0.2, 0.25) is 0 Å². The largest absolute Gasteiger partial charge is 0.392 e. The lowest BCUT2D eigenvalue weighted by atomic mass is 10.0. The zero-order valence-corrected chi connectivity index (χ0v) is 8.66. The van der Waals surface area contributed by atoms with Gasteiger partial charge in [-0.05, 0) is 18.1 Å². The fourth-order valence-corrected chi connectivity index (χ4v) is 1.60. The van der Waals surface area contributed by atoms with E-state index in [1.165, 1.54) is 6.42 Å². The second kappa shape index (κ2) is 6.99. The highest BCUT2D eigenvalue weighted by molar-refractivity contribution is 7.99. The lowest BCUT2D eigenvalue weighted by Crippen LogP contribution is -2.14. The van der Waals surface area contributed by atoms with Gasteiger partial charge in [0, 0.05) is 5.75 Å². The molecule has 2 heteroatoms. The first-order valence-electron chi connectivity index (χ1n) is 4.46. The van der Waals surface area contributed by atoms with Crippen LogP contribution < -0.4 is 0 Å². The first-order valence-corrected chi connectivity index (χ1v) is 5.61. The molecule has 0 radical (unpaired) electrons. The number of hydrogen-bond acceptors (Lipinski definition) is 2. The highest BCUT2D eigenvalue weighted by Crippen LogP contribution is 2.13. The normalized spacial score (nSPS) is 16.4. The standard InChI is InChI=1S/C9H20OS/c1-4-8(3)6-9(10)7-11-5-2/h8-10H,4-7H2,1-3H3. The van der Waals surface area contributed by atoms with Crippen LogP contribution in [0.15, 0.2) is 0 Å². The minimum Gasteiger partial charge on any atom is -0.392 e. The van der Waals surface area contributed by atoms with Crippen molar-refractivity contribution in [1.82, 2.24) is 0 Å². The highest BCUT2D eigenvalue weighted by Gasteiger charge is 2.07. The molecule has 68 valence electrons. The summed E-state index contributed by atoms with van der Waals surface area (Å²) in [6.45, 7) is 6.49. The van der Waals surface area contributed by atoms with Crippen molar-refractivity contribution in [2.75, 3.05) is 11.5 Å². The van der Waals surface area contributed by atoms with Gasteiger partial charge in [0.05, 0.1) is 6.10 Å². The Morgan fingerprint density at radius 2 is 2.00 bits per heavy atom. The van der Waals surface area contributed by atoms with E-state index < -0.39 is 0 Å². The predicted octanol–water partition coefficient (Wildman–Crippen LogP) is 2.54. The van der Waals surface area contributed by atoms with Gasteiger partial charge in [-0.1, -0.05) is 27.2 Å². The molecule has 0 aromatic carbocycles. The van der Waals surface area contributed by atoms with E-state index in [0.717, 1.165) is 17.9 Å². The van der Waals surface area contributed by atoms with Crippen LogP contribution in [0.1, 0.15) is 33.6 Å². The summed E-state index contributed by atoms with van der Waals surface area (Å²) in [6.07, 6.45) is 2.05. The Balaban J connectivity index is 3.27. The quantitative estimate of drug-likeness (QED) is 0.671. The lowest BCUT2D eigenvalue weighted by Gasteiger charge is -2.13. The molecule has 0 saturated heterocycles. The maximum Gasteiger partial charge on any atom is 0.0633 e. The molecule has 0 fully saturated rings. The van der Waals surface area contributed by atoms with Crippen molar-refractivity contribution in [3.8, 4) is 0 Å². The maximum absolute atomic E-state index is 9.46. The molecule has 0 aromatic rings. The zero-order chi connectivity index (χ0) is 8.69. The molecule has 0 aromatic heterocycles. The fourth-order valence-electron chi connectivity index (χ4n) is 0.953. The first kappa shape index (κ1) is 11.3. The summed E-state index contributed by atoms with van der Waals surface area (Å²) in [7, 11) is 0. The summed E-state index contributed by atoms with van der Waals surface area (Å²) in [5.74, 6) is 2.68. The molecule has 1 nitrogen and oxygen atoms in total. The van der Waals surface area contributed by atoms with Crippen LogP contribution in [0.5, 0.6) is 0 Å². The van der Waals surface area contributed by atoms with E-state index >= 15 is 0 Å². The summed E-state index contributed by atoms with van der Waals surface area (Å²) in [5, 5.41) is 9.46. The molecule has 2 unspecified atom stereocenters. The number of rotatable bonds is 6. The zero-order valence-electron chi connectivity index (χ0n) is 7.84. The Morgan fingerprint density at radius 3 is 2.45 bits per heavy atom. The van der Waals surface area contributed by atoms with Gasteiger partial charge >= 0.3 is 0 Å². The van der Waals surface area contributed by atoms with E-state index in [4.69, 9.17) is 0 Å². The summed E-state index contributed by atoms with van der Waals surface area (Å²) in [4.78, 5) is 0. The summed E-state index contributed by atoms with van der Waals surface area (Å²) < 4.78 is 0. The van der Waals surface area contributed by atoms with E-state index in [1.807, 2.05) is 11.8 Å². The third-order valence-corrected chi connectivity index (χ3v) is 2.91. The van der Waals surface area contributed by atoms with Crippen molar-refractivity contribution in [3.05, 3.63) is 0 Å². The van der Waals surface area contributed by atoms with Crippen molar-refractivity contribution in [1.29, 1.82) is 0 Å². The molecule has 1 N–H and O–H groups in total. The molecular weight excluding hydrogens is 156 g/mol. The Kier molecular flexibility index (Phi) is 7.18. The first-order chi connectivity index (χ1) is 5.20. The Labute approximate surface area is 74.6 Å². The van der Waals surface area contributed by atoms with Crippen LogP contribution >= 0.6 is 11.8 Å².